The van der Waals surface area contributed by atoms with E-state index in [1.807, 2.05) is 30.3 Å². The van der Waals surface area contributed by atoms with Gasteiger partial charge in [-0.05, 0) is 54.8 Å². The molecule has 4 aromatic rings. The molecule has 4 heterocycles. The number of aryl methyl sites for hydroxylation is 1. The van der Waals surface area contributed by atoms with Crippen LogP contribution in [0.25, 0.3) is 10.4 Å². The Bertz CT molecular complexity index is 1610. The molecular weight excluding hydrogens is 535 g/mol. The fourth-order valence-corrected chi connectivity index (χ4v) is 6.96. The average Bonchev–Trinajstić information content (AvgIpc) is 3.28. The average molecular weight is 561 g/mol. The van der Waals surface area contributed by atoms with Gasteiger partial charge < -0.3 is 15.5 Å². The topological polar surface area (TPSA) is 91.4 Å². The summed E-state index contributed by atoms with van der Waals surface area (Å²) in [5.41, 5.74) is 3.71. The van der Waals surface area contributed by atoms with E-state index in [4.69, 9.17) is 0 Å². The maximum atomic E-state index is 14.3. The van der Waals surface area contributed by atoms with Gasteiger partial charge in [-0.15, -0.1) is 11.3 Å². The molecule has 1 saturated heterocycles. The molecule has 2 amide bonds. The summed E-state index contributed by atoms with van der Waals surface area (Å²) >= 11 is 1.34. The zero-order valence-corrected chi connectivity index (χ0v) is 22.7. The van der Waals surface area contributed by atoms with Crippen LogP contribution in [0.1, 0.15) is 31.3 Å². The van der Waals surface area contributed by atoms with Crippen LogP contribution in [0.5, 0.6) is 0 Å². The molecular formula is C29H25FN4O3S2. The molecule has 198 valence electrons. The minimum Gasteiger partial charge on any atom is -0.365 e. The predicted molar refractivity (Wildman–Crippen MR) is 154 cm³/mol. The molecule has 1 fully saturated rings. The van der Waals surface area contributed by atoms with Crippen LogP contribution in [-0.4, -0.2) is 45.1 Å². The first kappa shape index (κ1) is 25.4. The highest BCUT2D eigenvalue weighted by molar-refractivity contribution is 7.86. The zero-order chi connectivity index (χ0) is 27.1. The van der Waals surface area contributed by atoms with E-state index in [0.29, 0.717) is 46.4 Å². The number of fused-ring (bicyclic) bond motifs is 3. The molecule has 0 bridgehead atoms. The van der Waals surface area contributed by atoms with Crippen LogP contribution >= 0.6 is 11.3 Å². The third-order valence-corrected chi connectivity index (χ3v) is 9.63. The van der Waals surface area contributed by atoms with Crippen LogP contribution in [0.3, 0.4) is 0 Å². The van der Waals surface area contributed by atoms with Gasteiger partial charge in [0.15, 0.2) is 0 Å². The molecule has 10 heteroatoms. The van der Waals surface area contributed by atoms with Crippen molar-refractivity contribution in [2.45, 2.75) is 19.4 Å². The van der Waals surface area contributed by atoms with E-state index in [9.17, 15) is 18.2 Å². The molecule has 0 aliphatic carbocycles. The fourth-order valence-electron chi connectivity index (χ4n) is 4.85. The van der Waals surface area contributed by atoms with Crippen LogP contribution in [0, 0.1) is 12.7 Å². The Balaban J connectivity index is 1.27. The van der Waals surface area contributed by atoms with Crippen molar-refractivity contribution < 1.29 is 18.2 Å². The van der Waals surface area contributed by atoms with Crippen LogP contribution < -0.4 is 15.5 Å². The number of carbonyl (C=O) groups excluding carboxylic acids is 2. The van der Waals surface area contributed by atoms with Gasteiger partial charge >= 0.3 is 0 Å². The number of nitrogens with zero attached hydrogens (tertiary/aromatic N) is 2. The van der Waals surface area contributed by atoms with Crippen molar-refractivity contribution in [3.8, 4) is 10.4 Å². The first-order valence-corrected chi connectivity index (χ1v) is 14.9. The van der Waals surface area contributed by atoms with Gasteiger partial charge in [-0.2, -0.15) is 0 Å². The normalized spacial score (nSPS) is 17.8. The molecule has 2 aliphatic heterocycles. The summed E-state index contributed by atoms with van der Waals surface area (Å²) in [6.45, 7) is 2.16. The van der Waals surface area contributed by atoms with Crippen molar-refractivity contribution >= 4 is 51.1 Å². The van der Waals surface area contributed by atoms with E-state index >= 15 is 0 Å². The molecule has 39 heavy (non-hydrogen) atoms. The smallest absolute Gasteiger partial charge is 0.276 e. The zero-order valence-electron chi connectivity index (χ0n) is 21.1. The fraction of sp³-hybridized carbons (Fsp3) is 0.207. The third-order valence-electron chi connectivity index (χ3n) is 6.88. The molecule has 0 radical (unpaired) electrons. The van der Waals surface area contributed by atoms with Crippen LogP contribution in [0.2, 0.25) is 0 Å². The summed E-state index contributed by atoms with van der Waals surface area (Å²) in [5, 5.41) is 5.98. The van der Waals surface area contributed by atoms with Crippen molar-refractivity contribution in [2.24, 2.45) is 0 Å². The number of benzene rings is 2. The van der Waals surface area contributed by atoms with Gasteiger partial charge in [-0.1, -0.05) is 36.4 Å². The number of rotatable bonds is 5. The van der Waals surface area contributed by atoms with Gasteiger partial charge in [-0.25, -0.2) is 9.37 Å². The minimum absolute atomic E-state index is 0.104. The molecule has 6 rings (SSSR count). The number of pyridine rings is 1. The summed E-state index contributed by atoms with van der Waals surface area (Å²) in [4.78, 5) is 34.4. The van der Waals surface area contributed by atoms with E-state index in [1.165, 1.54) is 17.4 Å². The number of hydrogen-bond donors (Lipinski definition) is 2. The summed E-state index contributed by atoms with van der Waals surface area (Å²) in [7, 11) is -0.780. The number of aromatic nitrogens is 1. The summed E-state index contributed by atoms with van der Waals surface area (Å²) in [6, 6.07) is 19.6. The Labute approximate surface area is 231 Å². The second-order valence-corrected chi connectivity index (χ2v) is 12.2. The van der Waals surface area contributed by atoms with Gasteiger partial charge in [0, 0.05) is 39.3 Å². The molecule has 7 nitrogen and oxygen atoms in total. The lowest BCUT2D eigenvalue weighted by molar-refractivity contribution is 0.0981. The first-order chi connectivity index (χ1) is 18.9. The highest BCUT2D eigenvalue weighted by atomic mass is 32.2. The predicted octanol–water partition coefficient (Wildman–Crippen LogP) is 5.26. The first-order valence-electron chi connectivity index (χ1n) is 12.6. The summed E-state index contributed by atoms with van der Waals surface area (Å²) < 4.78 is 25.7. The summed E-state index contributed by atoms with van der Waals surface area (Å²) in [6.07, 6.45) is 0.546. The number of nitrogens with one attached hydrogen (secondary N) is 2. The SMILES string of the molecule is Cc1cccc(F)c1NC(=O)c1cc2c(s1)-c1ccccc1N(C(=O)c1cccc(NC3CS(=O)C3)n1)CC2. The molecule has 0 saturated carbocycles. The van der Waals surface area contributed by atoms with Crippen molar-refractivity contribution in [3.05, 3.63) is 94.2 Å². The minimum atomic E-state index is -0.780. The van der Waals surface area contributed by atoms with Gasteiger partial charge in [0.1, 0.15) is 17.3 Å². The lowest BCUT2D eigenvalue weighted by Gasteiger charge is -2.26. The summed E-state index contributed by atoms with van der Waals surface area (Å²) in [5.74, 6) is 0.701. The number of anilines is 3. The molecule has 0 atom stereocenters. The highest BCUT2D eigenvalue weighted by Crippen LogP contribution is 2.42. The van der Waals surface area contributed by atoms with Crippen LogP contribution in [0.4, 0.5) is 21.6 Å². The second kappa shape index (κ2) is 10.3. The monoisotopic (exact) mass is 560 g/mol. The number of carbonyl (C=O) groups is 2. The second-order valence-electron chi connectivity index (χ2n) is 9.60. The van der Waals surface area contributed by atoms with E-state index in [2.05, 4.69) is 15.6 Å². The molecule has 2 aromatic heterocycles. The number of halogens is 1. The quantitative estimate of drug-likeness (QED) is 0.348. The molecule has 2 aromatic carbocycles. The standard InChI is InChI=1S/C29H25FN4O3S2/c1-17-6-4-8-21(30)26(17)33-28(35)24-14-18-12-13-34(23-10-3-2-7-20(23)27(18)38-24)29(36)22-9-5-11-25(32-22)31-19-15-39(37)16-19/h2-11,14,19H,12-13,15-16H2,1H3,(H,31,32)(H,33,35). The molecule has 0 spiro atoms. The maximum absolute atomic E-state index is 14.3. The highest BCUT2D eigenvalue weighted by Gasteiger charge is 2.29. The Hall–Kier alpha value is -3.89. The van der Waals surface area contributed by atoms with Crippen molar-refractivity contribution in [1.29, 1.82) is 0 Å². The van der Waals surface area contributed by atoms with Gasteiger partial charge in [0.25, 0.3) is 11.8 Å². The van der Waals surface area contributed by atoms with Gasteiger partial charge in [0.2, 0.25) is 0 Å². The number of thiophene rings is 1. The molecule has 2 aliphatic rings. The Morgan fingerprint density at radius 1 is 1.08 bits per heavy atom. The van der Waals surface area contributed by atoms with Gasteiger partial charge in [-0.3, -0.25) is 13.8 Å². The van der Waals surface area contributed by atoms with Crippen molar-refractivity contribution in [3.63, 3.8) is 0 Å². The number of amides is 2. The van der Waals surface area contributed by atoms with E-state index < -0.39 is 16.6 Å². The van der Waals surface area contributed by atoms with Gasteiger partial charge in [0.05, 0.1) is 22.3 Å². The van der Waals surface area contributed by atoms with E-state index in [1.54, 1.807) is 42.2 Å². The largest absolute Gasteiger partial charge is 0.365 e. The van der Waals surface area contributed by atoms with Crippen molar-refractivity contribution in [2.75, 3.05) is 33.6 Å². The lowest BCUT2D eigenvalue weighted by Crippen LogP contribution is -2.43. The van der Waals surface area contributed by atoms with Crippen molar-refractivity contribution in [1.82, 2.24) is 4.98 Å². The number of hydrogen-bond acceptors (Lipinski definition) is 6. The lowest BCUT2D eigenvalue weighted by atomic mass is 10.1. The van der Waals surface area contributed by atoms with E-state index in [-0.39, 0.29) is 23.5 Å². The Morgan fingerprint density at radius 3 is 2.67 bits per heavy atom. The number of para-hydroxylation sites is 2. The Morgan fingerprint density at radius 2 is 1.87 bits per heavy atom. The molecule has 0 unspecified atom stereocenters. The van der Waals surface area contributed by atoms with Crippen LogP contribution in [-0.2, 0) is 17.2 Å². The third kappa shape index (κ3) is 4.97. The molecule has 2 N–H and O–H groups in total. The maximum Gasteiger partial charge on any atom is 0.276 e. The van der Waals surface area contributed by atoms with Crippen LogP contribution in [0.15, 0.2) is 66.7 Å². The van der Waals surface area contributed by atoms with E-state index in [0.717, 1.165) is 21.7 Å². The Kier molecular flexibility index (Phi) is 6.74.